The van der Waals surface area contributed by atoms with Gasteiger partial charge in [-0.1, -0.05) is 24.4 Å². The lowest BCUT2D eigenvalue weighted by Crippen LogP contribution is -2.12. The van der Waals surface area contributed by atoms with Gasteiger partial charge in [-0.25, -0.2) is 0 Å². The second-order valence-corrected chi connectivity index (χ2v) is 5.82. The summed E-state index contributed by atoms with van der Waals surface area (Å²) in [5, 5.41) is 4.45. The lowest BCUT2D eigenvalue weighted by Gasteiger charge is -2.14. The van der Waals surface area contributed by atoms with Gasteiger partial charge in [0.15, 0.2) is 0 Å². The Hall–Kier alpha value is -1.98. The summed E-state index contributed by atoms with van der Waals surface area (Å²) in [6, 6.07) is 15.7. The number of nitrogens with two attached hydrogens (primary N) is 1. The number of thiocarbonyl (C=S) groups is 1. The van der Waals surface area contributed by atoms with Gasteiger partial charge in [0.2, 0.25) is 0 Å². The topological polar surface area (TPSA) is 50.9 Å². The number of fused-ring (bicyclic) bond motifs is 1. The van der Waals surface area contributed by atoms with E-state index in [9.17, 15) is 0 Å². The predicted molar refractivity (Wildman–Crippen MR) is 95.1 cm³/mol. The molecular formula is C16H12BrN3S. The number of nitrogens with one attached hydrogen (secondary N) is 1. The minimum Gasteiger partial charge on any atom is -0.389 e. The molecule has 0 bridgehead atoms. The van der Waals surface area contributed by atoms with Gasteiger partial charge in [0.1, 0.15) is 4.99 Å². The molecule has 0 aliphatic carbocycles. The Morgan fingerprint density at radius 3 is 2.62 bits per heavy atom. The van der Waals surface area contributed by atoms with Gasteiger partial charge < -0.3 is 11.1 Å². The first-order valence-corrected chi connectivity index (χ1v) is 7.56. The van der Waals surface area contributed by atoms with Crippen molar-refractivity contribution in [1.82, 2.24) is 4.98 Å². The van der Waals surface area contributed by atoms with E-state index < -0.39 is 0 Å². The van der Waals surface area contributed by atoms with E-state index in [0.29, 0.717) is 4.99 Å². The van der Waals surface area contributed by atoms with E-state index in [1.54, 1.807) is 6.20 Å². The average molecular weight is 358 g/mol. The Balaban J connectivity index is 2.12. The first-order valence-electron chi connectivity index (χ1n) is 6.36. The summed E-state index contributed by atoms with van der Waals surface area (Å²) < 4.78 is 0.873. The van der Waals surface area contributed by atoms with Crippen LogP contribution in [0.5, 0.6) is 0 Å². The fraction of sp³-hybridized carbons (Fsp3) is 0. The van der Waals surface area contributed by atoms with Crippen molar-refractivity contribution in [2.24, 2.45) is 5.73 Å². The van der Waals surface area contributed by atoms with Crippen molar-refractivity contribution in [3.8, 4) is 0 Å². The smallest absolute Gasteiger partial charge is 0.107 e. The van der Waals surface area contributed by atoms with Crippen molar-refractivity contribution in [2.45, 2.75) is 0 Å². The maximum Gasteiger partial charge on any atom is 0.107 e. The minimum atomic E-state index is 0.350. The van der Waals surface area contributed by atoms with Crippen molar-refractivity contribution < 1.29 is 0 Å². The molecule has 0 saturated heterocycles. The molecule has 3 nitrogen and oxygen atoms in total. The number of hydrogen-bond acceptors (Lipinski definition) is 3. The number of anilines is 2. The maximum absolute atomic E-state index is 5.83. The van der Waals surface area contributed by atoms with E-state index in [2.05, 4.69) is 26.2 Å². The highest BCUT2D eigenvalue weighted by Gasteiger charge is 2.10. The fourth-order valence-electron chi connectivity index (χ4n) is 2.24. The normalized spacial score (nSPS) is 10.5. The van der Waals surface area contributed by atoms with Crippen LogP contribution in [0.3, 0.4) is 0 Å². The van der Waals surface area contributed by atoms with Gasteiger partial charge in [-0.15, -0.1) is 0 Å². The maximum atomic E-state index is 5.83. The average Bonchev–Trinajstić information content (AvgIpc) is 2.47. The number of aromatic nitrogens is 1. The summed E-state index contributed by atoms with van der Waals surface area (Å²) >= 11 is 8.64. The van der Waals surface area contributed by atoms with Crippen molar-refractivity contribution >= 4 is 55.4 Å². The van der Waals surface area contributed by atoms with Crippen LogP contribution in [-0.4, -0.2) is 9.97 Å². The molecule has 1 heterocycles. The second-order valence-electron chi connectivity index (χ2n) is 4.53. The standard InChI is InChI=1S/C16H12BrN3S/c17-11-5-1-8-14(15(11)16(18)21)20-13-7-2-6-12-10(13)4-3-9-19-12/h1-9,20H,(H2,18,21). The number of pyridine rings is 1. The van der Waals surface area contributed by atoms with Crippen LogP contribution in [0.1, 0.15) is 5.56 Å². The van der Waals surface area contributed by atoms with Crippen LogP contribution in [0.25, 0.3) is 10.9 Å². The number of benzene rings is 2. The first kappa shape index (κ1) is 14.0. The molecule has 1 aromatic heterocycles. The van der Waals surface area contributed by atoms with E-state index >= 15 is 0 Å². The van der Waals surface area contributed by atoms with Gasteiger partial charge in [-0.2, -0.15) is 0 Å². The molecule has 0 amide bonds. The van der Waals surface area contributed by atoms with Crippen LogP contribution in [0.4, 0.5) is 11.4 Å². The van der Waals surface area contributed by atoms with E-state index in [0.717, 1.165) is 32.3 Å². The molecule has 0 radical (unpaired) electrons. The summed E-state index contributed by atoms with van der Waals surface area (Å²) in [6.07, 6.45) is 1.78. The zero-order valence-electron chi connectivity index (χ0n) is 11.0. The molecule has 0 unspecified atom stereocenters. The molecule has 3 aromatic rings. The molecule has 3 rings (SSSR count). The van der Waals surface area contributed by atoms with Gasteiger partial charge in [-0.05, 0) is 52.3 Å². The van der Waals surface area contributed by atoms with Gasteiger partial charge in [0.05, 0.1) is 5.52 Å². The van der Waals surface area contributed by atoms with Crippen molar-refractivity contribution in [1.29, 1.82) is 0 Å². The minimum absolute atomic E-state index is 0.350. The van der Waals surface area contributed by atoms with Crippen molar-refractivity contribution in [3.63, 3.8) is 0 Å². The Bertz CT molecular complexity index is 827. The highest BCUT2D eigenvalue weighted by molar-refractivity contribution is 9.10. The van der Waals surface area contributed by atoms with Gasteiger partial charge in [0, 0.05) is 33.0 Å². The molecule has 0 atom stereocenters. The number of nitrogens with zero attached hydrogens (tertiary/aromatic N) is 1. The van der Waals surface area contributed by atoms with E-state index in [1.807, 2.05) is 48.5 Å². The largest absolute Gasteiger partial charge is 0.389 e. The van der Waals surface area contributed by atoms with Gasteiger partial charge >= 0.3 is 0 Å². The first-order chi connectivity index (χ1) is 10.2. The molecule has 0 spiro atoms. The third-order valence-electron chi connectivity index (χ3n) is 3.18. The van der Waals surface area contributed by atoms with Crippen LogP contribution in [0, 0.1) is 0 Å². The Morgan fingerprint density at radius 1 is 1.05 bits per heavy atom. The van der Waals surface area contributed by atoms with Crippen molar-refractivity contribution in [2.75, 3.05) is 5.32 Å². The third-order valence-corrected chi connectivity index (χ3v) is 4.04. The molecule has 21 heavy (non-hydrogen) atoms. The highest BCUT2D eigenvalue weighted by Crippen LogP contribution is 2.30. The van der Waals surface area contributed by atoms with Crippen LogP contribution in [-0.2, 0) is 0 Å². The summed E-state index contributed by atoms with van der Waals surface area (Å²) in [6.45, 7) is 0. The van der Waals surface area contributed by atoms with Crippen molar-refractivity contribution in [3.05, 3.63) is 64.8 Å². The lowest BCUT2D eigenvalue weighted by molar-refractivity contribution is 1.41. The lowest BCUT2D eigenvalue weighted by atomic mass is 10.1. The molecule has 0 fully saturated rings. The SMILES string of the molecule is NC(=S)c1c(Br)cccc1Nc1cccc2ncccc12. The summed E-state index contributed by atoms with van der Waals surface area (Å²) in [5.41, 5.74) is 9.41. The molecule has 104 valence electrons. The molecule has 0 aliphatic heterocycles. The van der Waals surface area contributed by atoms with Crippen LogP contribution in [0.15, 0.2) is 59.2 Å². The van der Waals surface area contributed by atoms with Crippen LogP contribution in [0.2, 0.25) is 0 Å². The monoisotopic (exact) mass is 357 g/mol. The molecule has 3 N–H and O–H groups in total. The fourth-order valence-corrected chi connectivity index (χ4v) is 3.17. The predicted octanol–water partition coefficient (Wildman–Crippen LogP) is 4.38. The molecule has 0 aliphatic rings. The Morgan fingerprint density at radius 2 is 1.81 bits per heavy atom. The van der Waals surface area contributed by atoms with E-state index in [1.165, 1.54) is 0 Å². The van der Waals surface area contributed by atoms with E-state index in [4.69, 9.17) is 18.0 Å². The zero-order chi connectivity index (χ0) is 14.8. The number of rotatable bonds is 3. The van der Waals surface area contributed by atoms with E-state index in [-0.39, 0.29) is 0 Å². The van der Waals surface area contributed by atoms with Gasteiger partial charge in [-0.3, -0.25) is 4.98 Å². The summed E-state index contributed by atoms with van der Waals surface area (Å²) in [4.78, 5) is 4.71. The molecular weight excluding hydrogens is 346 g/mol. The molecule has 2 aromatic carbocycles. The number of halogens is 1. The molecule has 0 saturated carbocycles. The number of hydrogen-bond donors (Lipinski definition) is 2. The zero-order valence-corrected chi connectivity index (χ0v) is 13.4. The summed E-state index contributed by atoms with van der Waals surface area (Å²) in [7, 11) is 0. The Kier molecular flexibility index (Phi) is 3.86. The second kappa shape index (κ2) is 5.79. The van der Waals surface area contributed by atoms with Gasteiger partial charge in [0.25, 0.3) is 0 Å². The summed E-state index contributed by atoms with van der Waals surface area (Å²) in [5.74, 6) is 0. The highest BCUT2D eigenvalue weighted by atomic mass is 79.9. The van der Waals surface area contributed by atoms with Crippen LogP contribution < -0.4 is 11.1 Å². The molecule has 5 heteroatoms. The third kappa shape index (κ3) is 2.75. The Labute approximate surface area is 136 Å². The van der Waals surface area contributed by atoms with Crippen LogP contribution >= 0.6 is 28.1 Å². The quantitative estimate of drug-likeness (QED) is 0.683.